The summed E-state index contributed by atoms with van der Waals surface area (Å²) in [7, 11) is 1.33. The molecule has 134 valence electrons. The van der Waals surface area contributed by atoms with E-state index in [2.05, 4.69) is 10.6 Å². The van der Waals surface area contributed by atoms with Gasteiger partial charge in [-0.15, -0.1) is 0 Å². The lowest BCUT2D eigenvalue weighted by Gasteiger charge is -2.49. The molecular formula is C18H23N3O3S. The Morgan fingerprint density at radius 2 is 2.04 bits per heavy atom. The van der Waals surface area contributed by atoms with E-state index in [1.54, 1.807) is 0 Å². The van der Waals surface area contributed by atoms with Crippen molar-refractivity contribution in [1.29, 1.82) is 0 Å². The molecule has 3 atom stereocenters. The minimum absolute atomic E-state index is 0.0117. The monoisotopic (exact) mass is 361 g/mol. The molecule has 25 heavy (non-hydrogen) atoms. The molecule has 0 bridgehead atoms. The molecule has 3 rings (SSSR count). The number of fused-ring (bicyclic) bond motifs is 1. The molecule has 1 amide bonds. The largest absolute Gasteiger partial charge is 0.469 e. The number of hydrogen-bond acceptors (Lipinski definition) is 4. The van der Waals surface area contributed by atoms with Crippen LogP contribution in [0.5, 0.6) is 0 Å². The van der Waals surface area contributed by atoms with Gasteiger partial charge in [0.15, 0.2) is 5.11 Å². The number of ether oxygens (including phenoxy) is 1. The van der Waals surface area contributed by atoms with Gasteiger partial charge in [0.05, 0.1) is 19.6 Å². The highest BCUT2D eigenvalue weighted by Crippen LogP contribution is 2.30. The summed E-state index contributed by atoms with van der Waals surface area (Å²) in [6.45, 7) is 0. The quantitative estimate of drug-likeness (QED) is 0.634. The molecule has 0 aromatic heterocycles. The molecule has 1 aliphatic carbocycles. The van der Waals surface area contributed by atoms with Crippen molar-refractivity contribution in [2.45, 2.75) is 50.2 Å². The Hall–Kier alpha value is -2.15. The number of methoxy groups -OCH3 is 1. The lowest BCUT2D eigenvalue weighted by Crippen LogP contribution is -2.68. The van der Waals surface area contributed by atoms with E-state index in [1.807, 2.05) is 35.2 Å². The van der Waals surface area contributed by atoms with Crippen molar-refractivity contribution in [1.82, 2.24) is 10.2 Å². The van der Waals surface area contributed by atoms with Crippen LogP contribution in [-0.4, -0.2) is 47.1 Å². The van der Waals surface area contributed by atoms with Crippen LogP contribution >= 0.6 is 12.2 Å². The van der Waals surface area contributed by atoms with E-state index >= 15 is 0 Å². The molecule has 1 aromatic rings. The fourth-order valence-electron chi connectivity index (χ4n) is 3.68. The van der Waals surface area contributed by atoms with Gasteiger partial charge in [0, 0.05) is 11.7 Å². The van der Waals surface area contributed by atoms with Gasteiger partial charge in [0.25, 0.3) is 0 Å². The summed E-state index contributed by atoms with van der Waals surface area (Å²) in [6.07, 6.45) is 4.05. The number of para-hydroxylation sites is 1. The van der Waals surface area contributed by atoms with Crippen LogP contribution in [0.15, 0.2) is 30.3 Å². The smallest absolute Gasteiger partial charge is 0.308 e. The first-order chi connectivity index (χ1) is 12.1. The maximum atomic E-state index is 12.6. The lowest BCUT2D eigenvalue weighted by atomic mass is 9.85. The number of benzene rings is 1. The molecule has 0 radical (unpaired) electrons. The van der Waals surface area contributed by atoms with E-state index in [-0.39, 0.29) is 24.4 Å². The maximum absolute atomic E-state index is 12.6. The number of carbonyl (C=O) groups is 2. The summed E-state index contributed by atoms with van der Waals surface area (Å²) in [6, 6.07) is 9.14. The molecule has 7 heteroatoms. The molecule has 1 aromatic carbocycles. The Morgan fingerprint density at radius 1 is 1.32 bits per heavy atom. The van der Waals surface area contributed by atoms with Crippen LogP contribution in [0, 0.1) is 0 Å². The van der Waals surface area contributed by atoms with Gasteiger partial charge in [-0.3, -0.25) is 9.59 Å². The molecular weight excluding hydrogens is 338 g/mol. The van der Waals surface area contributed by atoms with E-state index in [9.17, 15) is 9.59 Å². The topological polar surface area (TPSA) is 70.7 Å². The van der Waals surface area contributed by atoms with Gasteiger partial charge in [-0.1, -0.05) is 31.0 Å². The SMILES string of the molecule is COC(=O)C[C@@H]1C(=O)N[C@H]2CCCC[C@@H]2N1C(=S)Nc1ccccc1. The van der Waals surface area contributed by atoms with Crippen LogP contribution in [0.1, 0.15) is 32.1 Å². The second-order valence-corrected chi connectivity index (χ2v) is 6.85. The summed E-state index contributed by atoms with van der Waals surface area (Å²) in [5, 5.41) is 6.76. The first kappa shape index (κ1) is 17.7. The summed E-state index contributed by atoms with van der Waals surface area (Å²) in [5.74, 6) is -0.576. The van der Waals surface area contributed by atoms with Crippen LogP contribution in [0.2, 0.25) is 0 Å². The normalized spacial score (nSPS) is 25.6. The number of thiocarbonyl (C=S) groups is 1. The van der Waals surface area contributed by atoms with Crippen molar-refractivity contribution in [2.75, 3.05) is 12.4 Å². The Labute approximate surface area is 152 Å². The molecule has 2 fully saturated rings. The highest BCUT2D eigenvalue weighted by atomic mass is 32.1. The average Bonchev–Trinajstić information content (AvgIpc) is 2.62. The number of esters is 1. The number of carbonyl (C=O) groups excluding carboxylic acids is 2. The third kappa shape index (κ3) is 3.92. The highest BCUT2D eigenvalue weighted by Gasteiger charge is 2.44. The Balaban J connectivity index is 1.85. The van der Waals surface area contributed by atoms with Gasteiger partial charge >= 0.3 is 5.97 Å². The third-order valence-electron chi connectivity index (χ3n) is 4.90. The molecule has 2 aliphatic rings. The molecule has 1 saturated carbocycles. The molecule has 1 saturated heterocycles. The van der Waals surface area contributed by atoms with Crippen LogP contribution in [0.4, 0.5) is 5.69 Å². The van der Waals surface area contributed by atoms with Crippen molar-refractivity contribution >= 4 is 34.9 Å². The van der Waals surface area contributed by atoms with E-state index in [4.69, 9.17) is 17.0 Å². The first-order valence-electron chi connectivity index (χ1n) is 8.61. The maximum Gasteiger partial charge on any atom is 0.308 e. The Kier molecular flexibility index (Phi) is 5.53. The van der Waals surface area contributed by atoms with Crippen LogP contribution < -0.4 is 10.6 Å². The second-order valence-electron chi connectivity index (χ2n) is 6.47. The molecule has 0 unspecified atom stereocenters. The van der Waals surface area contributed by atoms with Gasteiger partial charge in [-0.2, -0.15) is 0 Å². The van der Waals surface area contributed by atoms with Gasteiger partial charge in [-0.25, -0.2) is 0 Å². The summed E-state index contributed by atoms with van der Waals surface area (Å²) in [5.41, 5.74) is 0.864. The van der Waals surface area contributed by atoms with Crippen LogP contribution in [0.3, 0.4) is 0 Å². The third-order valence-corrected chi connectivity index (χ3v) is 5.21. The number of hydrogen-bond donors (Lipinski definition) is 2. The van der Waals surface area contributed by atoms with Crippen LogP contribution in [0.25, 0.3) is 0 Å². The molecule has 1 heterocycles. The summed E-state index contributed by atoms with van der Waals surface area (Å²) >= 11 is 5.63. The van der Waals surface area contributed by atoms with Crippen molar-refractivity contribution in [3.8, 4) is 0 Å². The van der Waals surface area contributed by atoms with E-state index in [0.717, 1.165) is 31.4 Å². The number of rotatable bonds is 3. The summed E-state index contributed by atoms with van der Waals surface area (Å²) in [4.78, 5) is 26.4. The van der Waals surface area contributed by atoms with Gasteiger partial charge < -0.3 is 20.3 Å². The van der Waals surface area contributed by atoms with Gasteiger partial charge in [0.1, 0.15) is 6.04 Å². The predicted octanol–water partition coefficient (Wildman–Crippen LogP) is 2.06. The van der Waals surface area contributed by atoms with E-state index in [1.165, 1.54) is 7.11 Å². The van der Waals surface area contributed by atoms with Crippen LogP contribution in [-0.2, 0) is 14.3 Å². The first-order valence-corrected chi connectivity index (χ1v) is 9.02. The zero-order valence-electron chi connectivity index (χ0n) is 14.2. The zero-order chi connectivity index (χ0) is 17.8. The van der Waals surface area contributed by atoms with Crippen molar-refractivity contribution in [3.05, 3.63) is 30.3 Å². The van der Waals surface area contributed by atoms with E-state index in [0.29, 0.717) is 5.11 Å². The van der Waals surface area contributed by atoms with E-state index < -0.39 is 12.0 Å². The highest BCUT2D eigenvalue weighted by molar-refractivity contribution is 7.80. The minimum atomic E-state index is -0.643. The molecule has 6 nitrogen and oxygen atoms in total. The van der Waals surface area contributed by atoms with Crippen molar-refractivity contribution < 1.29 is 14.3 Å². The Morgan fingerprint density at radius 3 is 2.76 bits per heavy atom. The minimum Gasteiger partial charge on any atom is -0.469 e. The number of nitrogens with zero attached hydrogens (tertiary/aromatic N) is 1. The lowest BCUT2D eigenvalue weighted by molar-refractivity contribution is -0.146. The Bertz CT molecular complexity index is 652. The number of amides is 1. The van der Waals surface area contributed by atoms with Crippen molar-refractivity contribution in [3.63, 3.8) is 0 Å². The van der Waals surface area contributed by atoms with Crippen molar-refractivity contribution in [2.24, 2.45) is 0 Å². The fourth-order valence-corrected chi connectivity index (χ4v) is 4.06. The second kappa shape index (κ2) is 7.82. The number of nitrogens with one attached hydrogen (secondary N) is 2. The van der Waals surface area contributed by atoms with Gasteiger partial charge in [0.2, 0.25) is 5.91 Å². The predicted molar refractivity (Wildman–Crippen MR) is 99.1 cm³/mol. The summed E-state index contributed by atoms with van der Waals surface area (Å²) < 4.78 is 4.77. The molecule has 1 aliphatic heterocycles. The molecule has 0 spiro atoms. The average molecular weight is 361 g/mol. The van der Waals surface area contributed by atoms with Gasteiger partial charge in [-0.05, 0) is 37.2 Å². The number of piperazine rings is 1. The standard InChI is InChI=1S/C18H23N3O3S/c1-24-16(22)11-15-17(23)20-13-9-5-6-10-14(13)21(15)18(25)19-12-7-3-2-4-8-12/h2-4,7-8,13-15H,5-6,9-11H2,1H3,(H,19,25)(H,20,23)/t13-,14-,15+/m0/s1. The zero-order valence-corrected chi connectivity index (χ0v) is 15.1. The molecule has 2 N–H and O–H groups in total. The fraction of sp³-hybridized carbons (Fsp3) is 0.500. The number of anilines is 1.